The molecule has 1 aliphatic rings. The van der Waals surface area contributed by atoms with E-state index in [9.17, 15) is 9.18 Å². The summed E-state index contributed by atoms with van der Waals surface area (Å²) in [6, 6.07) is 10.3. The van der Waals surface area contributed by atoms with Crippen molar-refractivity contribution in [1.82, 2.24) is 10.3 Å². The second-order valence-electron chi connectivity index (χ2n) is 6.26. The number of pyridine rings is 1. The summed E-state index contributed by atoms with van der Waals surface area (Å²) in [7, 11) is 0. The van der Waals surface area contributed by atoms with E-state index >= 15 is 0 Å². The van der Waals surface area contributed by atoms with Crippen molar-refractivity contribution in [1.29, 1.82) is 0 Å². The lowest BCUT2D eigenvalue weighted by molar-refractivity contribution is -0.124. The summed E-state index contributed by atoms with van der Waals surface area (Å²) in [5.41, 5.74) is 1.73. The average Bonchev–Trinajstić information content (AvgIpc) is 3.35. The van der Waals surface area contributed by atoms with Crippen LogP contribution in [0.5, 0.6) is 0 Å². The molecule has 1 atom stereocenters. The molecular weight excluding hydrogens is 291 g/mol. The molecule has 23 heavy (non-hydrogen) atoms. The molecule has 3 rings (SSSR count). The normalized spacial score (nSPS) is 16.7. The van der Waals surface area contributed by atoms with Crippen LogP contribution >= 0.6 is 0 Å². The lowest BCUT2D eigenvalue weighted by atomic mass is 9.93. The summed E-state index contributed by atoms with van der Waals surface area (Å²) in [4.78, 5) is 17.2. The Morgan fingerprint density at radius 1 is 1.30 bits per heavy atom. The Morgan fingerprint density at radius 2 is 2.04 bits per heavy atom. The first-order valence-corrected chi connectivity index (χ1v) is 8.05. The fourth-order valence-electron chi connectivity index (χ4n) is 2.96. The van der Waals surface area contributed by atoms with E-state index in [1.807, 2.05) is 26.0 Å². The van der Waals surface area contributed by atoms with Gasteiger partial charge < -0.3 is 5.32 Å². The van der Waals surface area contributed by atoms with Gasteiger partial charge in [0.2, 0.25) is 5.91 Å². The van der Waals surface area contributed by atoms with E-state index in [1.54, 1.807) is 24.4 Å². The molecular formula is C19H21FN2O. The van der Waals surface area contributed by atoms with E-state index in [0.717, 1.165) is 17.7 Å². The zero-order chi connectivity index (χ0) is 16.4. The van der Waals surface area contributed by atoms with E-state index in [4.69, 9.17) is 0 Å². The van der Waals surface area contributed by atoms with Gasteiger partial charge in [-0.25, -0.2) is 4.39 Å². The van der Waals surface area contributed by atoms with Gasteiger partial charge in [-0.1, -0.05) is 31.2 Å². The first-order chi connectivity index (χ1) is 11.1. The summed E-state index contributed by atoms with van der Waals surface area (Å²) in [5, 5.41) is 3.06. The predicted molar refractivity (Wildman–Crippen MR) is 87.5 cm³/mol. The number of hydrogen-bond donors (Lipinski definition) is 1. The second-order valence-corrected chi connectivity index (χ2v) is 6.26. The minimum atomic E-state index is -0.705. The molecule has 0 saturated heterocycles. The number of aromatic nitrogens is 1. The fraction of sp³-hybridized carbons (Fsp3) is 0.368. The minimum Gasteiger partial charge on any atom is -0.347 e. The molecule has 1 saturated carbocycles. The van der Waals surface area contributed by atoms with Crippen molar-refractivity contribution in [3.8, 4) is 0 Å². The van der Waals surface area contributed by atoms with Crippen LogP contribution in [-0.4, -0.2) is 10.9 Å². The Kier molecular flexibility index (Phi) is 4.16. The van der Waals surface area contributed by atoms with Crippen molar-refractivity contribution in [3.05, 3.63) is 65.2 Å². The molecule has 3 nitrogen and oxygen atoms in total. The summed E-state index contributed by atoms with van der Waals surface area (Å²) < 4.78 is 14.1. The van der Waals surface area contributed by atoms with Crippen LogP contribution in [0, 0.1) is 12.7 Å². The summed E-state index contributed by atoms with van der Waals surface area (Å²) >= 11 is 0. The number of rotatable bonds is 5. The maximum Gasteiger partial charge on any atom is 0.231 e. The first-order valence-electron chi connectivity index (χ1n) is 8.05. The molecule has 120 valence electrons. The van der Waals surface area contributed by atoms with Crippen molar-refractivity contribution in [3.63, 3.8) is 0 Å². The number of benzene rings is 1. The van der Waals surface area contributed by atoms with Crippen LogP contribution in [-0.2, 0) is 10.2 Å². The van der Waals surface area contributed by atoms with Gasteiger partial charge in [-0.15, -0.1) is 0 Å². The molecule has 4 heteroatoms. The Labute approximate surface area is 135 Å². The number of halogens is 1. The maximum atomic E-state index is 14.1. The summed E-state index contributed by atoms with van der Waals surface area (Å²) in [6.07, 6.45) is 3.93. The van der Waals surface area contributed by atoms with Crippen molar-refractivity contribution in [2.45, 2.75) is 44.6 Å². The average molecular weight is 312 g/mol. The van der Waals surface area contributed by atoms with Gasteiger partial charge in [0.1, 0.15) is 5.82 Å². The molecule has 0 radical (unpaired) electrons. The van der Waals surface area contributed by atoms with Gasteiger partial charge in [0.05, 0.1) is 17.2 Å². The Morgan fingerprint density at radius 3 is 2.61 bits per heavy atom. The Balaban J connectivity index is 1.80. The molecule has 1 fully saturated rings. The molecule has 0 spiro atoms. The molecule has 1 aliphatic carbocycles. The van der Waals surface area contributed by atoms with E-state index < -0.39 is 5.41 Å². The molecule has 0 bridgehead atoms. The number of carbonyl (C=O) groups excluding carboxylic acids is 1. The molecule has 1 heterocycles. The SMILES string of the molecule is CC[C@H](NC(=O)C1(c2ccccc2F)CC1)c1ccc(C)cn1. The molecule has 0 aliphatic heterocycles. The topological polar surface area (TPSA) is 42.0 Å². The highest BCUT2D eigenvalue weighted by molar-refractivity contribution is 5.91. The third-order valence-electron chi connectivity index (χ3n) is 4.58. The quantitative estimate of drug-likeness (QED) is 0.911. The molecule has 1 aromatic carbocycles. The summed E-state index contributed by atoms with van der Waals surface area (Å²) in [6.45, 7) is 3.99. The van der Waals surface area contributed by atoms with E-state index in [-0.39, 0.29) is 17.8 Å². The zero-order valence-corrected chi connectivity index (χ0v) is 13.5. The number of nitrogens with one attached hydrogen (secondary N) is 1. The molecule has 1 amide bonds. The third-order valence-corrected chi connectivity index (χ3v) is 4.58. The van der Waals surface area contributed by atoms with E-state index in [2.05, 4.69) is 10.3 Å². The van der Waals surface area contributed by atoms with E-state index in [0.29, 0.717) is 18.4 Å². The summed E-state index contributed by atoms with van der Waals surface area (Å²) in [5.74, 6) is -0.404. The van der Waals surface area contributed by atoms with Gasteiger partial charge in [0.25, 0.3) is 0 Å². The van der Waals surface area contributed by atoms with Crippen LogP contribution in [0.4, 0.5) is 4.39 Å². The van der Waals surface area contributed by atoms with Gasteiger partial charge in [-0.05, 0) is 43.9 Å². The van der Waals surface area contributed by atoms with Crippen LogP contribution in [0.15, 0.2) is 42.6 Å². The fourth-order valence-corrected chi connectivity index (χ4v) is 2.96. The lowest BCUT2D eigenvalue weighted by Gasteiger charge is -2.22. The number of nitrogens with zero attached hydrogens (tertiary/aromatic N) is 1. The van der Waals surface area contributed by atoms with Crippen LogP contribution in [0.1, 0.15) is 49.0 Å². The molecule has 1 aromatic heterocycles. The highest BCUT2D eigenvalue weighted by Crippen LogP contribution is 2.49. The minimum absolute atomic E-state index is 0.100. The molecule has 1 N–H and O–H groups in total. The van der Waals surface area contributed by atoms with Gasteiger partial charge >= 0.3 is 0 Å². The molecule has 2 aromatic rings. The van der Waals surface area contributed by atoms with Gasteiger partial charge in [0.15, 0.2) is 0 Å². The van der Waals surface area contributed by atoms with Crippen LogP contribution < -0.4 is 5.32 Å². The van der Waals surface area contributed by atoms with Crippen LogP contribution in [0.25, 0.3) is 0 Å². The van der Waals surface area contributed by atoms with Crippen molar-refractivity contribution in [2.24, 2.45) is 0 Å². The van der Waals surface area contributed by atoms with Crippen molar-refractivity contribution >= 4 is 5.91 Å². The van der Waals surface area contributed by atoms with Crippen LogP contribution in [0.3, 0.4) is 0 Å². The number of aryl methyl sites for hydroxylation is 1. The second kappa shape index (κ2) is 6.11. The largest absolute Gasteiger partial charge is 0.347 e. The predicted octanol–water partition coefficient (Wildman–Crippen LogP) is 3.83. The van der Waals surface area contributed by atoms with Crippen molar-refractivity contribution < 1.29 is 9.18 Å². The number of carbonyl (C=O) groups is 1. The molecule has 0 unspecified atom stereocenters. The highest BCUT2D eigenvalue weighted by Gasteiger charge is 2.53. The van der Waals surface area contributed by atoms with Crippen molar-refractivity contribution in [2.75, 3.05) is 0 Å². The smallest absolute Gasteiger partial charge is 0.231 e. The highest BCUT2D eigenvalue weighted by atomic mass is 19.1. The first kappa shape index (κ1) is 15.7. The Bertz CT molecular complexity index is 708. The lowest BCUT2D eigenvalue weighted by Crippen LogP contribution is -2.38. The van der Waals surface area contributed by atoms with E-state index in [1.165, 1.54) is 6.07 Å². The van der Waals surface area contributed by atoms with Gasteiger partial charge in [-0.2, -0.15) is 0 Å². The zero-order valence-electron chi connectivity index (χ0n) is 13.5. The standard InChI is InChI=1S/C19H21FN2O/c1-3-16(17-9-8-13(2)12-21-17)22-18(23)19(10-11-19)14-6-4-5-7-15(14)20/h4-9,12,16H,3,10-11H2,1-2H3,(H,22,23)/t16-/m0/s1. The van der Waals surface area contributed by atoms with Crippen LogP contribution in [0.2, 0.25) is 0 Å². The van der Waals surface area contributed by atoms with Gasteiger partial charge in [-0.3, -0.25) is 9.78 Å². The monoisotopic (exact) mass is 312 g/mol. The number of hydrogen-bond acceptors (Lipinski definition) is 2. The third kappa shape index (κ3) is 2.98. The maximum absolute atomic E-state index is 14.1. The van der Waals surface area contributed by atoms with Gasteiger partial charge in [0, 0.05) is 11.8 Å². The number of amides is 1. The Hall–Kier alpha value is -2.23.